The molecular formula is C25H40ClNO4. The average Bonchev–Trinajstić information content (AvgIpc) is 2.69. The molecule has 0 bridgehead atoms. The summed E-state index contributed by atoms with van der Waals surface area (Å²) < 4.78 is 5.09. The van der Waals surface area contributed by atoms with Gasteiger partial charge < -0.3 is 15.6 Å². The van der Waals surface area contributed by atoms with Crippen molar-refractivity contribution >= 4 is 23.9 Å². The molecule has 3 N–H and O–H groups in total. The Morgan fingerprint density at radius 2 is 1.74 bits per heavy atom. The van der Waals surface area contributed by atoms with E-state index in [1.165, 1.54) is 23.1 Å². The van der Waals surface area contributed by atoms with Crippen LogP contribution in [0.1, 0.15) is 58.2 Å². The van der Waals surface area contributed by atoms with Crippen LogP contribution in [0.5, 0.6) is 0 Å². The van der Waals surface area contributed by atoms with Crippen molar-refractivity contribution in [3.63, 3.8) is 0 Å². The van der Waals surface area contributed by atoms with Crippen molar-refractivity contribution in [2.24, 2.45) is 11.1 Å². The number of hydrogen-bond donors (Lipinski definition) is 2. The minimum Gasteiger partial charge on any atom is -0.500 e. The fraction of sp³-hybridized carbons (Fsp3) is 0.520. The van der Waals surface area contributed by atoms with Gasteiger partial charge in [-0.2, -0.15) is 0 Å². The highest BCUT2D eigenvalue weighted by Crippen LogP contribution is 2.27. The van der Waals surface area contributed by atoms with Gasteiger partial charge in [0.25, 0.3) is 6.47 Å². The summed E-state index contributed by atoms with van der Waals surface area (Å²) in [5.74, 6) is 2.56. The number of hydrogen-bond acceptors (Lipinski definition) is 4. The zero-order valence-electron chi connectivity index (χ0n) is 20.5. The maximum atomic E-state index is 10.6. The third-order valence-corrected chi connectivity index (χ3v) is 4.05. The number of ketones is 1. The topological polar surface area (TPSA) is 89.6 Å². The van der Waals surface area contributed by atoms with Crippen molar-refractivity contribution in [1.29, 1.82) is 0 Å². The Labute approximate surface area is 194 Å². The molecule has 176 valence electrons. The third kappa shape index (κ3) is 15.2. The summed E-state index contributed by atoms with van der Waals surface area (Å²) in [5, 5.41) is 6.89. The Morgan fingerprint density at radius 1 is 1.29 bits per heavy atom. The van der Waals surface area contributed by atoms with E-state index in [0.717, 1.165) is 6.42 Å². The monoisotopic (exact) mass is 453 g/mol. The molecule has 0 fully saturated rings. The van der Waals surface area contributed by atoms with Crippen molar-refractivity contribution < 1.29 is 19.4 Å². The molecule has 1 atom stereocenters. The van der Waals surface area contributed by atoms with Crippen LogP contribution in [0.25, 0.3) is 0 Å². The Hall–Kier alpha value is -2.29. The predicted molar refractivity (Wildman–Crippen MR) is 131 cm³/mol. The number of carbonyl (C=O) groups is 2. The number of halogens is 1. The summed E-state index contributed by atoms with van der Waals surface area (Å²) in [6.07, 6.45) is 7.09. The van der Waals surface area contributed by atoms with Crippen LogP contribution in [0.4, 0.5) is 0 Å². The number of carbonyl (C=O) groups excluding carboxylic acids is 1. The molecule has 0 saturated carbocycles. The Kier molecular flexibility index (Phi) is 17.7. The lowest BCUT2D eigenvalue weighted by atomic mass is 9.82. The van der Waals surface area contributed by atoms with Gasteiger partial charge in [-0.15, -0.1) is 18.0 Å². The van der Waals surface area contributed by atoms with Crippen LogP contribution in [0.15, 0.2) is 30.5 Å². The molecule has 0 aliphatic rings. The fourth-order valence-electron chi connectivity index (χ4n) is 2.34. The van der Waals surface area contributed by atoms with E-state index in [9.17, 15) is 4.79 Å². The van der Waals surface area contributed by atoms with Crippen molar-refractivity contribution in [2.45, 2.75) is 66.3 Å². The Bertz CT molecular complexity index is 723. The number of carboxylic acid groups (broad SMARTS) is 1. The first kappa shape index (κ1) is 33.4. The van der Waals surface area contributed by atoms with E-state index in [2.05, 4.69) is 70.0 Å². The van der Waals surface area contributed by atoms with E-state index >= 15 is 0 Å². The summed E-state index contributed by atoms with van der Waals surface area (Å²) in [6, 6.07) is 6.40. The van der Waals surface area contributed by atoms with Crippen LogP contribution in [0.3, 0.4) is 0 Å². The molecule has 0 aromatic heterocycles. The molecule has 0 aliphatic carbocycles. The standard InChI is InChI=1S/C16H25NO.C7H10O.CH3Cl.CH2O2/c1-11-7-8-13(9-14(11)16(3,4)5)10-15(17)12(2)18-6;1-5-6(8)7(2,3)4;1-2;2-1-3/h7-9,15H,2,10,17H2,1,3-6H3;1H,2-4H3;1H3;1H,(H,2,3). The number of Topliss-reactive ketones (excluding diaryl/α,β-unsaturated/α-hetero) is 1. The lowest BCUT2D eigenvalue weighted by Crippen LogP contribution is -2.26. The summed E-state index contributed by atoms with van der Waals surface area (Å²) >= 11 is 4.64. The first-order valence-corrected chi connectivity index (χ1v) is 10.5. The van der Waals surface area contributed by atoms with Gasteiger partial charge in [0, 0.05) is 11.8 Å². The minimum atomic E-state index is -0.366. The van der Waals surface area contributed by atoms with E-state index in [0.29, 0.717) is 5.76 Å². The zero-order valence-corrected chi connectivity index (χ0v) is 21.3. The van der Waals surface area contributed by atoms with Crippen LogP contribution < -0.4 is 5.73 Å². The lowest BCUT2D eigenvalue weighted by molar-refractivity contribution is -0.123. The number of ether oxygens (including phenoxy) is 1. The number of nitrogens with two attached hydrogens (primary N) is 1. The Morgan fingerprint density at radius 3 is 2.03 bits per heavy atom. The van der Waals surface area contributed by atoms with Crippen molar-refractivity contribution in [2.75, 3.05) is 13.5 Å². The highest BCUT2D eigenvalue weighted by Gasteiger charge is 2.18. The molecule has 0 spiro atoms. The molecule has 31 heavy (non-hydrogen) atoms. The fourth-order valence-corrected chi connectivity index (χ4v) is 2.34. The number of rotatable bonds is 4. The molecule has 1 aromatic carbocycles. The molecule has 1 aromatic rings. The van der Waals surface area contributed by atoms with Crippen LogP contribution in [-0.4, -0.2) is 36.9 Å². The minimum absolute atomic E-state index is 0.141. The molecule has 5 nitrogen and oxygen atoms in total. The normalized spacial score (nSPS) is 10.9. The van der Waals surface area contributed by atoms with Crippen LogP contribution in [0.2, 0.25) is 0 Å². The van der Waals surface area contributed by atoms with E-state index in [-0.39, 0.29) is 29.1 Å². The highest BCUT2D eigenvalue weighted by molar-refractivity contribution is 6.15. The maximum absolute atomic E-state index is 10.6. The molecule has 0 heterocycles. The molecule has 6 heteroatoms. The number of methoxy groups -OCH3 is 1. The summed E-state index contributed by atoms with van der Waals surface area (Å²) in [5.41, 5.74) is 9.75. The van der Waals surface area contributed by atoms with Gasteiger partial charge in [0.2, 0.25) is 5.78 Å². The highest BCUT2D eigenvalue weighted by atomic mass is 35.5. The van der Waals surface area contributed by atoms with Gasteiger partial charge >= 0.3 is 0 Å². The van der Waals surface area contributed by atoms with Gasteiger partial charge in [0.15, 0.2) is 0 Å². The molecule has 0 saturated heterocycles. The Balaban J connectivity index is -0.000000503. The first-order valence-electron chi connectivity index (χ1n) is 9.70. The predicted octanol–water partition coefficient (Wildman–Crippen LogP) is 5.11. The van der Waals surface area contributed by atoms with E-state index in [1.54, 1.807) is 27.9 Å². The third-order valence-electron chi connectivity index (χ3n) is 4.05. The van der Waals surface area contributed by atoms with Gasteiger partial charge in [-0.1, -0.05) is 66.3 Å². The smallest absolute Gasteiger partial charge is 0.290 e. The number of aryl methyl sites for hydroxylation is 1. The van der Waals surface area contributed by atoms with Gasteiger partial charge in [-0.25, -0.2) is 0 Å². The molecule has 1 unspecified atom stereocenters. The van der Waals surface area contributed by atoms with E-state index < -0.39 is 0 Å². The van der Waals surface area contributed by atoms with Crippen molar-refractivity contribution in [1.82, 2.24) is 0 Å². The number of terminal acetylenes is 1. The lowest BCUT2D eigenvalue weighted by Gasteiger charge is -2.23. The number of alkyl halides is 1. The molecule has 1 rings (SSSR count). The molecule has 0 aliphatic heterocycles. The van der Waals surface area contributed by atoms with Gasteiger partial charge in [-0.3, -0.25) is 9.59 Å². The van der Waals surface area contributed by atoms with Crippen molar-refractivity contribution in [3.05, 3.63) is 47.2 Å². The maximum Gasteiger partial charge on any atom is 0.290 e. The molecular weight excluding hydrogens is 414 g/mol. The quantitative estimate of drug-likeness (QED) is 0.217. The first-order chi connectivity index (χ1) is 14.1. The number of benzene rings is 1. The zero-order chi connectivity index (χ0) is 25.4. The largest absolute Gasteiger partial charge is 0.500 e. The van der Waals surface area contributed by atoms with Crippen LogP contribution in [-0.2, 0) is 26.2 Å². The molecule has 0 radical (unpaired) electrons. The second-order valence-corrected chi connectivity index (χ2v) is 8.71. The van der Waals surface area contributed by atoms with Crippen LogP contribution >= 0.6 is 11.6 Å². The van der Waals surface area contributed by atoms with E-state index in [1.807, 2.05) is 0 Å². The molecule has 0 amide bonds. The SMILES string of the molecule is C#CC(=O)C(C)(C)C.C=C(OC)C(N)Cc1ccc(C)c(C(C)(C)C)c1.CCl.O=CO. The summed E-state index contributed by atoms with van der Waals surface area (Å²) in [7, 11) is 1.61. The second kappa shape index (κ2) is 16.4. The van der Waals surface area contributed by atoms with Gasteiger partial charge in [0.05, 0.1) is 13.2 Å². The average molecular weight is 454 g/mol. The van der Waals surface area contributed by atoms with Crippen LogP contribution in [0, 0.1) is 24.7 Å². The van der Waals surface area contributed by atoms with Gasteiger partial charge in [-0.05, 0) is 41.4 Å². The second-order valence-electron chi connectivity index (χ2n) is 8.71. The van der Waals surface area contributed by atoms with Crippen molar-refractivity contribution in [3.8, 4) is 12.3 Å². The van der Waals surface area contributed by atoms with Gasteiger partial charge in [0.1, 0.15) is 5.76 Å². The van der Waals surface area contributed by atoms with E-state index in [4.69, 9.17) is 26.8 Å². The summed E-state index contributed by atoms with van der Waals surface area (Å²) in [4.78, 5) is 19.0. The summed E-state index contributed by atoms with van der Waals surface area (Å²) in [6.45, 7) is 17.8.